The lowest BCUT2D eigenvalue weighted by Gasteiger charge is -2.26. The molecule has 1 aromatic heterocycles. The van der Waals surface area contributed by atoms with E-state index in [9.17, 15) is 9.59 Å². The second kappa shape index (κ2) is 7.76. The van der Waals surface area contributed by atoms with Gasteiger partial charge in [-0.25, -0.2) is 4.79 Å². The van der Waals surface area contributed by atoms with Crippen molar-refractivity contribution in [2.75, 3.05) is 0 Å². The van der Waals surface area contributed by atoms with Gasteiger partial charge in [0.2, 0.25) is 0 Å². The van der Waals surface area contributed by atoms with Gasteiger partial charge in [0.05, 0.1) is 0 Å². The maximum absolute atomic E-state index is 12.0. The predicted octanol–water partition coefficient (Wildman–Crippen LogP) is 3.51. The van der Waals surface area contributed by atoms with Crippen LogP contribution in [-0.2, 0) is 0 Å². The third-order valence-electron chi connectivity index (χ3n) is 3.56. The molecule has 21 heavy (non-hydrogen) atoms. The van der Waals surface area contributed by atoms with Crippen molar-refractivity contribution in [3.8, 4) is 0 Å². The number of hydrogen-bond acceptors (Lipinski definition) is 3. The van der Waals surface area contributed by atoms with Crippen LogP contribution in [0.5, 0.6) is 0 Å². The van der Waals surface area contributed by atoms with Crippen molar-refractivity contribution in [1.29, 1.82) is 0 Å². The second-order valence-corrected chi connectivity index (χ2v) is 6.16. The van der Waals surface area contributed by atoms with Crippen LogP contribution in [0.2, 0.25) is 0 Å². The number of rotatable bonds is 8. The molecule has 1 aromatic rings. The topological polar surface area (TPSA) is 79.3 Å². The fourth-order valence-corrected chi connectivity index (χ4v) is 2.15. The molecular formula is C16H24N2O3. The molecule has 1 unspecified atom stereocenters. The first-order valence-corrected chi connectivity index (χ1v) is 7.24. The third kappa shape index (κ3) is 6.88. The first-order chi connectivity index (χ1) is 9.80. The Morgan fingerprint density at radius 1 is 1.38 bits per heavy atom. The molecule has 0 saturated heterocycles. The van der Waals surface area contributed by atoms with E-state index in [0.29, 0.717) is 17.9 Å². The maximum atomic E-state index is 12.0. The summed E-state index contributed by atoms with van der Waals surface area (Å²) in [5, 5.41) is 11.3. The van der Waals surface area contributed by atoms with E-state index in [2.05, 4.69) is 17.2 Å². The Labute approximate surface area is 125 Å². The zero-order chi connectivity index (χ0) is 15.9. The summed E-state index contributed by atoms with van der Waals surface area (Å²) in [6.45, 7) is 5.83. The zero-order valence-electron chi connectivity index (χ0n) is 12.9. The van der Waals surface area contributed by atoms with Gasteiger partial charge in [-0.1, -0.05) is 6.92 Å². The Bertz CT molecular complexity index is 472. The number of nitrogens with zero attached hydrogens (tertiary/aromatic N) is 1. The van der Waals surface area contributed by atoms with Crippen LogP contribution >= 0.6 is 0 Å². The van der Waals surface area contributed by atoms with E-state index < -0.39 is 11.6 Å². The summed E-state index contributed by atoms with van der Waals surface area (Å²) in [4.78, 5) is 26.6. The molecule has 0 radical (unpaired) electrons. The molecule has 5 nitrogen and oxygen atoms in total. The summed E-state index contributed by atoms with van der Waals surface area (Å²) >= 11 is 0. The molecule has 0 aliphatic carbocycles. The fraction of sp³-hybridized carbons (Fsp3) is 0.562. The molecule has 1 amide bonds. The molecule has 0 aliphatic heterocycles. The summed E-state index contributed by atoms with van der Waals surface area (Å²) < 4.78 is 0. The second-order valence-electron chi connectivity index (χ2n) is 6.16. The van der Waals surface area contributed by atoms with Crippen LogP contribution < -0.4 is 5.32 Å². The van der Waals surface area contributed by atoms with Gasteiger partial charge in [-0.05, 0) is 51.2 Å². The number of carbonyl (C=O) groups excluding carboxylic acids is 1. The number of Topliss-reactive ketones (excluding diaryl/α,β-unsaturated/α-hetero) is 1. The molecule has 0 aromatic carbocycles. The number of nitrogens with one attached hydrogen (secondary N) is 1. The summed E-state index contributed by atoms with van der Waals surface area (Å²) in [5.41, 5.74) is 0.213. The predicted molar refractivity (Wildman–Crippen MR) is 81.4 cm³/mol. The van der Waals surface area contributed by atoms with E-state index in [1.54, 1.807) is 24.5 Å². The molecule has 0 aliphatic rings. The van der Waals surface area contributed by atoms with Crippen molar-refractivity contribution in [2.24, 2.45) is 5.92 Å². The molecule has 0 saturated carbocycles. The first-order valence-electron chi connectivity index (χ1n) is 7.24. The summed E-state index contributed by atoms with van der Waals surface area (Å²) in [6, 6.07) is 3.54. The number of ketones is 1. The monoisotopic (exact) mass is 292 g/mol. The van der Waals surface area contributed by atoms with E-state index in [-0.39, 0.29) is 5.78 Å². The quantitative estimate of drug-likeness (QED) is 0.719. The zero-order valence-corrected chi connectivity index (χ0v) is 12.9. The van der Waals surface area contributed by atoms with Gasteiger partial charge in [0, 0.05) is 29.9 Å². The van der Waals surface area contributed by atoms with E-state index in [1.807, 2.05) is 13.8 Å². The minimum absolute atomic E-state index is 0.109. The highest BCUT2D eigenvalue weighted by molar-refractivity contribution is 5.95. The van der Waals surface area contributed by atoms with Gasteiger partial charge in [0.15, 0.2) is 5.78 Å². The number of aromatic nitrogens is 1. The molecule has 1 atom stereocenters. The highest BCUT2D eigenvalue weighted by Crippen LogP contribution is 2.20. The number of amides is 1. The van der Waals surface area contributed by atoms with E-state index >= 15 is 0 Å². The van der Waals surface area contributed by atoms with Crippen LogP contribution in [0.15, 0.2) is 24.5 Å². The van der Waals surface area contributed by atoms with Gasteiger partial charge in [-0.2, -0.15) is 0 Å². The average Bonchev–Trinajstić information content (AvgIpc) is 2.42. The molecule has 0 bridgehead atoms. The van der Waals surface area contributed by atoms with E-state index in [4.69, 9.17) is 5.11 Å². The molecular weight excluding hydrogens is 268 g/mol. The smallest absolute Gasteiger partial charge is 0.405 e. The van der Waals surface area contributed by atoms with E-state index in [0.717, 1.165) is 19.3 Å². The molecule has 2 N–H and O–H groups in total. The lowest BCUT2D eigenvalue weighted by atomic mass is 9.90. The van der Waals surface area contributed by atoms with Crippen molar-refractivity contribution >= 4 is 11.9 Å². The maximum Gasteiger partial charge on any atom is 0.405 e. The molecule has 0 spiro atoms. The molecule has 1 heterocycles. The largest absolute Gasteiger partial charge is 0.465 e. The SMILES string of the molecule is CC(CCC(=O)c1cccnc1)CCC(C)(C)NC(=O)O. The Morgan fingerprint density at radius 2 is 2.10 bits per heavy atom. The molecule has 1 rings (SSSR count). The van der Waals surface area contributed by atoms with Crippen LogP contribution in [0.25, 0.3) is 0 Å². The van der Waals surface area contributed by atoms with Gasteiger partial charge in [0.1, 0.15) is 0 Å². The van der Waals surface area contributed by atoms with Gasteiger partial charge in [-0.3, -0.25) is 9.78 Å². The summed E-state index contributed by atoms with van der Waals surface area (Å²) in [6.07, 6.45) is 5.18. The lowest BCUT2D eigenvalue weighted by molar-refractivity contribution is 0.0973. The van der Waals surface area contributed by atoms with Gasteiger partial charge in [0.25, 0.3) is 0 Å². The fourth-order valence-electron chi connectivity index (χ4n) is 2.15. The van der Waals surface area contributed by atoms with E-state index in [1.165, 1.54) is 0 Å². The number of carboxylic acid groups (broad SMARTS) is 1. The van der Waals surface area contributed by atoms with Crippen LogP contribution in [0, 0.1) is 5.92 Å². The van der Waals surface area contributed by atoms with Crippen molar-refractivity contribution in [3.63, 3.8) is 0 Å². The van der Waals surface area contributed by atoms with Gasteiger partial charge in [-0.15, -0.1) is 0 Å². The normalized spacial score (nSPS) is 12.7. The summed E-state index contributed by atoms with van der Waals surface area (Å²) in [7, 11) is 0. The average molecular weight is 292 g/mol. The minimum Gasteiger partial charge on any atom is -0.465 e. The molecule has 116 valence electrons. The Hall–Kier alpha value is -1.91. The van der Waals surface area contributed by atoms with Crippen molar-refractivity contribution in [2.45, 2.75) is 52.0 Å². The molecule has 0 fully saturated rings. The van der Waals surface area contributed by atoms with Gasteiger partial charge >= 0.3 is 6.09 Å². The first kappa shape index (κ1) is 17.1. The van der Waals surface area contributed by atoms with Crippen LogP contribution in [0.4, 0.5) is 4.79 Å². The van der Waals surface area contributed by atoms with Crippen LogP contribution in [-0.4, -0.2) is 27.5 Å². The lowest BCUT2D eigenvalue weighted by Crippen LogP contribution is -2.42. The standard InChI is InChI=1S/C16H24N2O3/c1-12(8-9-16(2,3)18-15(20)21)6-7-14(19)13-5-4-10-17-11-13/h4-5,10-12,18H,6-9H2,1-3H3,(H,20,21). The third-order valence-corrected chi connectivity index (χ3v) is 3.56. The number of pyridine rings is 1. The van der Waals surface area contributed by atoms with Crippen molar-refractivity contribution < 1.29 is 14.7 Å². The van der Waals surface area contributed by atoms with Crippen LogP contribution in [0.3, 0.4) is 0 Å². The Kier molecular flexibility index (Phi) is 6.34. The number of carbonyl (C=O) groups is 2. The Morgan fingerprint density at radius 3 is 2.67 bits per heavy atom. The molecule has 5 heteroatoms. The highest BCUT2D eigenvalue weighted by Gasteiger charge is 2.21. The highest BCUT2D eigenvalue weighted by atomic mass is 16.4. The summed E-state index contributed by atoms with van der Waals surface area (Å²) in [5.74, 6) is 0.485. The van der Waals surface area contributed by atoms with Gasteiger partial charge < -0.3 is 10.4 Å². The minimum atomic E-state index is -1.00. The number of hydrogen-bond donors (Lipinski definition) is 2. The Balaban J connectivity index is 2.33. The van der Waals surface area contributed by atoms with Crippen molar-refractivity contribution in [1.82, 2.24) is 10.3 Å². The van der Waals surface area contributed by atoms with Crippen molar-refractivity contribution in [3.05, 3.63) is 30.1 Å². The van der Waals surface area contributed by atoms with Crippen LogP contribution in [0.1, 0.15) is 56.8 Å².